The van der Waals surface area contributed by atoms with Crippen molar-refractivity contribution in [2.75, 3.05) is 27.4 Å². The number of aromatic nitrogens is 2. The molecule has 1 heterocycles. The van der Waals surface area contributed by atoms with E-state index < -0.39 is 0 Å². The van der Waals surface area contributed by atoms with Gasteiger partial charge in [0.05, 0.1) is 20.3 Å². The van der Waals surface area contributed by atoms with Crippen LogP contribution in [0.4, 0.5) is 0 Å². The Kier molecular flexibility index (Phi) is 5.48. The molecule has 0 spiro atoms. The van der Waals surface area contributed by atoms with Crippen LogP contribution in [0.15, 0.2) is 28.8 Å². The van der Waals surface area contributed by atoms with Crippen LogP contribution < -0.4 is 4.74 Å². The first-order valence-electron chi connectivity index (χ1n) is 8.41. The van der Waals surface area contributed by atoms with Gasteiger partial charge in [0.1, 0.15) is 5.75 Å². The van der Waals surface area contributed by atoms with Crippen molar-refractivity contribution in [3.63, 3.8) is 0 Å². The molecule has 1 aromatic carbocycles. The molecule has 1 aliphatic carbocycles. The molecule has 1 fully saturated rings. The number of nitrogens with zero attached hydrogens (tertiary/aromatic N) is 3. The zero-order chi connectivity index (χ0) is 16.9. The molecule has 0 saturated heterocycles. The molecule has 1 aromatic heterocycles. The molecule has 0 amide bonds. The number of ether oxygens (including phenoxy) is 2. The Bertz CT molecular complexity index is 654. The highest BCUT2D eigenvalue weighted by Crippen LogP contribution is 2.35. The number of hydrogen-bond donors (Lipinski definition) is 0. The Balaban J connectivity index is 1.70. The van der Waals surface area contributed by atoms with Crippen LogP contribution in [0.2, 0.25) is 0 Å². The lowest BCUT2D eigenvalue weighted by atomic mass is 10.2. The summed E-state index contributed by atoms with van der Waals surface area (Å²) in [6.45, 7) is 4.49. The van der Waals surface area contributed by atoms with Crippen molar-refractivity contribution >= 4 is 0 Å². The van der Waals surface area contributed by atoms with E-state index >= 15 is 0 Å². The van der Waals surface area contributed by atoms with Crippen molar-refractivity contribution in [2.45, 2.75) is 32.4 Å². The molecular weight excluding hydrogens is 306 g/mol. The van der Waals surface area contributed by atoms with E-state index in [1.54, 1.807) is 14.2 Å². The van der Waals surface area contributed by atoms with E-state index in [1.165, 1.54) is 12.8 Å². The summed E-state index contributed by atoms with van der Waals surface area (Å²) < 4.78 is 16.0. The van der Waals surface area contributed by atoms with Crippen LogP contribution in [0.3, 0.4) is 0 Å². The van der Waals surface area contributed by atoms with E-state index in [1.807, 2.05) is 24.3 Å². The zero-order valence-electron chi connectivity index (χ0n) is 14.6. The van der Waals surface area contributed by atoms with Gasteiger partial charge in [-0.3, -0.25) is 4.90 Å². The van der Waals surface area contributed by atoms with Gasteiger partial charge in [0.25, 0.3) is 0 Å². The van der Waals surface area contributed by atoms with Gasteiger partial charge in [-0.1, -0.05) is 17.3 Å². The second-order valence-corrected chi connectivity index (χ2v) is 6.28. The average Bonchev–Trinajstić information content (AvgIpc) is 3.36. The molecule has 2 aromatic rings. The van der Waals surface area contributed by atoms with Gasteiger partial charge in [-0.05, 0) is 37.8 Å². The van der Waals surface area contributed by atoms with E-state index in [0.29, 0.717) is 30.9 Å². The summed E-state index contributed by atoms with van der Waals surface area (Å²) in [5, 5.41) is 4.12. The van der Waals surface area contributed by atoms with Crippen molar-refractivity contribution in [1.82, 2.24) is 15.0 Å². The van der Waals surface area contributed by atoms with Gasteiger partial charge < -0.3 is 14.0 Å². The lowest BCUT2D eigenvalue weighted by Crippen LogP contribution is -2.36. The Hall–Kier alpha value is -1.92. The maximum atomic E-state index is 5.47. The van der Waals surface area contributed by atoms with Gasteiger partial charge in [0.15, 0.2) is 0 Å². The van der Waals surface area contributed by atoms with Crippen molar-refractivity contribution < 1.29 is 14.0 Å². The summed E-state index contributed by atoms with van der Waals surface area (Å²) in [5.74, 6) is 2.79. The molecule has 1 aliphatic rings. The zero-order valence-corrected chi connectivity index (χ0v) is 14.6. The number of rotatable bonds is 9. The summed E-state index contributed by atoms with van der Waals surface area (Å²) >= 11 is 0. The molecule has 1 unspecified atom stereocenters. The van der Waals surface area contributed by atoms with Crippen LogP contribution in [-0.4, -0.2) is 48.5 Å². The van der Waals surface area contributed by atoms with Crippen LogP contribution in [-0.2, 0) is 11.3 Å². The van der Waals surface area contributed by atoms with E-state index in [-0.39, 0.29) is 0 Å². The predicted molar refractivity (Wildman–Crippen MR) is 90.8 cm³/mol. The molecule has 0 radical (unpaired) electrons. The molecular formula is C18H25N3O3. The van der Waals surface area contributed by atoms with Crippen molar-refractivity contribution in [1.29, 1.82) is 0 Å². The molecule has 0 aliphatic heterocycles. The maximum Gasteiger partial charge on any atom is 0.241 e. The molecule has 130 valence electrons. The van der Waals surface area contributed by atoms with Gasteiger partial charge in [-0.25, -0.2) is 0 Å². The van der Waals surface area contributed by atoms with Crippen molar-refractivity contribution in [2.24, 2.45) is 5.92 Å². The molecule has 0 N–H and O–H groups in total. The van der Waals surface area contributed by atoms with Gasteiger partial charge in [-0.15, -0.1) is 0 Å². The minimum absolute atomic E-state index is 0.507. The monoisotopic (exact) mass is 331 g/mol. The second kappa shape index (κ2) is 7.77. The largest absolute Gasteiger partial charge is 0.497 e. The first-order chi connectivity index (χ1) is 11.7. The third-order valence-corrected chi connectivity index (χ3v) is 4.60. The molecule has 6 nitrogen and oxygen atoms in total. The Morgan fingerprint density at radius 2 is 2.17 bits per heavy atom. The highest BCUT2D eigenvalue weighted by Gasteiger charge is 2.32. The Morgan fingerprint density at radius 3 is 2.88 bits per heavy atom. The van der Waals surface area contributed by atoms with E-state index in [2.05, 4.69) is 22.0 Å². The highest BCUT2D eigenvalue weighted by molar-refractivity contribution is 5.56. The second-order valence-electron chi connectivity index (χ2n) is 6.28. The van der Waals surface area contributed by atoms with Crippen LogP contribution in [0.1, 0.15) is 25.7 Å². The summed E-state index contributed by atoms with van der Waals surface area (Å²) in [6.07, 6.45) is 2.62. The predicted octanol–water partition coefficient (Wildman–Crippen LogP) is 2.99. The lowest BCUT2D eigenvalue weighted by molar-refractivity contribution is 0.102. The summed E-state index contributed by atoms with van der Waals surface area (Å²) in [7, 11) is 3.38. The van der Waals surface area contributed by atoms with Gasteiger partial charge in [0, 0.05) is 25.3 Å². The Labute approximate surface area is 142 Å². The number of benzene rings is 1. The smallest absolute Gasteiger partial charge is 0.241 e. The van der Waals surface area contributed by atoms with Crippen molar-refractivity contribution in [3.8, 4) is 17.1 Å². The first kappa shape index (κ1) is 16.9. The fraction of sp³-hybridized carbons (Fsp3) is 0.556. The standard InChI is InChI=1S/C18H25N3O3/c1-13(14-7-8-14)21(9-10-22-2)12-17-19-18(20-24-17)15-5-4-6-16(11-15)23-3/h4-6,11,13-14H,7-10,12H2,1-3H3. The maximum absolute atomic E-state index is 5.47. The third kappa shape index (κ3) is 4.13. The topological polar surface area (TPSA) is 60.6 Å². The fourth-order valence-corrected chi connectivity index (χ4v) is 2.88. The summed E-state index contributed by atoms with van der Waals surface area (Å²) in [6, 6.07) is 8.18. The SMILES string of the molecule is COCCN(Cc1nc(-c2cccc(OC)c2)no1)C(C)C1CC1. The van der Waals surface area contributed by atoms with Gasteiger partial charge in [0.2, 0.25) is 11.7 Å². The first-order valence-corrected chi connectivity index (χ1v) is 8.41. The minimum Gasteiger partial charge on any atom is -0.497 e. The highest BCUT2D eigenvalue weighted by atomic mass is 16.5. The van der Waals surface area contributed by atoms with Crippen LogP contribution in [0, 0.1) is 5.92 Å². The van der Waals surface area contributed by atoms with Gasteiger partial charge in [-0.2, -0.15) is 4.98 Å². The van der Waals surface area contributed by atoms with Crippen LogP contribution in [0.5, 0.6) is 5.75 Å². The number of methoxy groups -OCH3 is 2. The average molecular weight is 331 g/mol. The summed E-state index contributed by atoms with van der Waals surface area (Å²) in [5.41, 5.74) is 0.892. The summed E-state index contributed by atoms with van der Waals surface area (Å²) in [4.78, 5) is 6.92. The van der Waals surface area contributed by atoms with Crippen LogP contribution in [0.25, 0.3) is 11.4 Å². The molecule has 0 bridgehead atoms. The fourth-order valence-electron chi connectivity index (χ4n) is 2.88. The molecule has 3 rings (SSSR count). The van der Waals surface area contributed by atoms with E-state index in [9.17, 15) is 0 Å². The van der Waals surface area contributed by atoms with Gasteiger partial charge >= 0.3 is 0 Å². The molecule has 6 heteroatoms. The van der Waals surface area contributed by atoms with E-state index in [0.717, 1.165) is 23.8 Å². The molecule has 1 atom stereocenters. The quantitative estimate of drug-likeness (QED) is 0.704. The molecule has 1 saturated carbocycles. The number of hydrogen-bond acceptors (Lipinski definition) is 6. The van der Waals surface area contributed by atoms with Crippen molar-refractivity contribution in [3.05, 3.63) is 30.2 Å². The minimum atomic E-state index is 0.507. The normalized spacial score (nSPS) is 15.7. The third-order valence-electron chi connectivity index (χ3n) is 4.60. The van der Waals surface area contributed by atoms with Crippen LogP contribution >= 0.6 is 0 Å². The molecule has 24 heavy (non-hydrogen) atoms. The lowest BCUT2D eigenvalue weighted by Gasteiger charge is -2.27. The van der Waals surface area contributed by atoms with E-state index in [4.69, 9.17) is 14.0 Å². The Morgan fingerprint density at radius 1 is 1.33 bits per heavy atom.